The van der Waals surface area contributed by atoms with Crippen molar-refractivity contribution in [2.45, 2.75) is 27.7 Å². The SMILES string of the molecule is CCN(CC)C(=O)c1ccnc(C(=O)N(CC)CC)c1. The van der Waals surface area contributed by atoms with Crippen LogP contribution in [0, 0.1) is 0 Å². The summed E-state index contributed by atoms with van der Waals surface area (Å²) >= 11 is 0. The molecule has 5 nitrogen and oxygen atoms in total. The molecule has 2 amide bonds. The highest BCUT2D eigenvalue weighted by Gasteiger charge is 2.18. The van der Waals surface area contributed by atoms with Crippen LogP contribution in [-0.2, 0) is 0 Å². The molecule has 1 heterocycles. The van der Waals surface area contributed by atoms with Gasteiger partial charge in [0.2, 0.25) is 0 Å². The van der Waals surface area contributed by atoms with E-state index in [0.717, 1.165) is 0 Å². The lowest BCUT2D eigenvalue weighted by Gasteiger charge is -2.20. The summed E-state index contributed by atoms with van der Waals surface area (Å²) in [6.07, 6.45) is 1.52. The molecule has 0 N–H and O–H groups in total. The number of rotatable bonds is 6. The molecule has 0 aliphatic rings. The van der Waals surface area contributed by atoms with Gasteiger partial charge < -0.3 is 9.80 Å². The summed E-state index contributed by atoms with van der Waals surface area (Å²) in [5, 5.41) is 0. The van der Waals surface area contributed by atoms with Gasteiger partial charge in [0.25, 0.3) is 11.8 Å². The van der Waals surface area contributed by atoms with E-state index in [1.165, 1.54) is 6.20 Å². The number of pyridine rings is 1. The molecule has 1 aromatic rings. The summed E-state index contributed by atoms with van der Waals surface area (Å²) in [5.74, 6) is -0.199. The van der Waals surface area contributed by atoms with Crippen molar-refractivity contribution in [1.29, 1.82) is 0 Å². The predicted molar refractivity (Wildman–Crippen MR) is 78.7 cm³/mol. The fourth-order valence-electron chi connectivity index (χ4n) is 2.05. The van der Waals surface area contributed by atoms with Crippen LogP contribution in [0.4, 0.5) is 0 Å². The molecule has 0 saturated heterocycles. The fourth-order valence-corrected chi connectivity index (χ4v) is 2.05. The number of aromatic nitrogens is 1. The van der Waals surface area contributed by atoms with E-state index >= 15 is 0 Å². The molecule has 0 saturated carbocycles. The van der Waals surface area contributed by atoms with Crippen LogP contribution in [0.2, 0.25) is 0 Å². The van der Waals surface area contributed by atoms with Gasteiger partial charge in [0.1, 0.15) is 5.69 Å². The maximum atomic E-state index is 12.3. The molecule has 0 radical (unpaired) electrons. The highest BCUT2D eigenvalue weighted by molar-refractivity contribution is 5.98. The van der Waals surface area contributed by atoms with E-state index in [1.807, 2.05) is 27.7 Å². The predicted octanol–water partition coefficient (Wildman–Crippen LogP) is 2.05. The van der Waals surface area contributed by atoms with Crippen LogP contribution < -0.4 is 0 Å². The third kappa shape index (κ3) is 3.56. The van der Waals surface area contributed by atoms with Gasteiger partial charge in [0.15, 0.2) is 0 Å². The van der Waals surface area contributed by atoms with Gasteiger partial charge in [-0.1, -0.05) is 0 Å². The van der Waals surface area contributed by atoms with Gasteiger partial charge in [-0.05, 0) is 39.8 Å². The molecule has 0 atom stereocenters. The molecule has 5 heteroatoms. The van der Waals surface area contributed by atoms with Gasteiger partial charge in [-0.15, -0.1) is 0 Å². The molecule has 1 rings (SSSR count). The van der Waals surface area contributed by atoms with Crippen LogP contribution >= 0.6 is 0 Å². The van der Waals surface area contributed by atoms with Crippen LogP contribution in [-0.4, -0.2) is 52.8 Å². The van der Waals surface area contributed by atoms with E-state index in [2.05, 4.69) is 4.98 Å². The average molecular weight is 277 g/mol. The number of hydrogen-bond acceptors (Lipinski definition) is 3. The van der Waals surface area contributed by atoms with E-state index in [4.69, 9.17) is 0 Å². The van der Waals surface area contributed by atoms with E-state index in [1.54, 1.807) is 21.9 Å². The Kier molecular flexibility index (Phi) is 6.15. The zero-order valence-corrected chi connectivity index (χ0v) is 12.7. The van der Waals surface area contributed by atoms with Crippen molar-refractivity contribution in [3.63, 3.8) is 0 Å². The van der Waals surface area contributed by atoms with Crippen molar-refractivity contribution in [3.8, 4) is 0 Å². The molecule has 0 aliphatic heterocycles. The zero-order valence-electron chi connectivity index (χ0n) is 12.7. The minimum absolute atomic E-state index is 0.0639. The van der Waals surface area contributed by atoms with Crippen LogP contribution in [0.5, 0.6) is 0 Å². The minimum atomic E-state index is -0.135. The summed E-state index contributed by atoms with van der Waals surface area (Å²) in [6.45, 7) is 10.3. The van der Waals surface area contributed by atoms with Crippen molar-refractivity contribution in [1.82, 2.24) is 14.8 Å². The van der Waals surface area contributed by atoms with Crippen molar-refractivity contribution in [3.05, 3.63) is 29.6 Å². The monoisotopic (exact) mass is 277 g/mol. The van der Waals surface area contributed by atoms with Crippen LogP contribution in [0.1, 0.15) is 48.5 Å². The first kappa shape index (κ1) is 16.1. The molecule has 110 valence electrons. The number of hydrogen-bond donors (Lipinski definition) is 0. The molecular formula is C15H23N3O2. The lowest BCUT2D eigenvalue weighted by atomic mass is 10.2. The fraction of sp³-hybridized carbons (Fsp3) is 0.533. The zero-order chi connectivity index (χ0) is 15.1. The number of amides is 2. The Labute approximate surface area is 120 Å². The smallest absolute Gasteiger partial charge is 0.272 e. The van der Waals surface area contributed by atoms with Gasteiger partial charge in [-0.3, -0.25) is 14.6 Å². The second kappa shape index (κ2) is 7.62. The summed E-state index contributed by atoms with van der Waals surface area (Å²) in [6, 6.07) is 3.24. The maximum absolute atomic E-state index is 12.3. The van der Waals surface area contributed by atoms with Crippen LogP contribution in [0.25, 0.3) is 0 Å². The second-order valence-electron chi connectivity index (χ2n) is 4.38. The van der Waals surface area contributed by atoms with Crippen molar-refractivity contribution in [2.24, 2.45) is 0 Å². The summed E-state index contributed by atoms with van der Waals surface area (Å²) in [4.78, 5) is 32.0. The Balaban J connectivity index is 3.01. The lowest BCUT2D eigenvalue weighted by Crippen LogP contribution is -2.32. The van der Waals surface area contributed by atoms with Crippen molar-refractivity contribution >= 4 is 11.8 Å². The molecule has 0 spiro atoms. The summed E-state index contributed by atoms with van der Waals surface area (Å²) in [7, 11) is 0. The first-order valence-corrected chi connectivity index (χ1v) is 7.13. The third-order valence-electron chi connectivity index (χ3n) is 3.33. The molecular weight excluding hydrogens is 254 g/mol. The Hall–Kier alpha value is -1.91. The largest absolute Gasteiger partial charge is 0.339 e. The quantitative estimate of drug-likeness (QED) is 0.799. The Morgan fingerprint density at radius 2 is 1.45 bits per heavy atom. The number of carbonyl (C=O) groups excluding carboxylic acids is 2. The minimum Gasteiger partial charge on any atom is -0.339 e. The molecule has 0 aromatic carbocycles. The van der Waals surface area contributed by atoms with Crippen molar-refractivity contribution < 1.29 is 9.59 Å². The summed E-state index contributed by atoms with van der Waals surface area (Å²) < 4.78 is 0. The molecule has 0 aliphatic carbocycles. The molecule has 0 fully saturated rings. The topological polar surface area (TPSA) is 53.5 Å². The first-order valence-electron chi connectivity index (χ1n) is 7.13. The van der Waals surface area contributed by atoms with Gasteiger partial charge in [0, 0.05) is 37.9 Å². The van der Waals surface area contributed by atoms with E-state index in [9.17, 15) is 9.59 Å². The van der Waals surface area contributed by atoms with Gasteiger partial charge in [-0.2, -0.15) is 0 Å². The van der Waals surface area contributed by atoms with Gasteiger partial charge >= 0.3 is 0 Å². The van der Waals surface area contributed by atoms with E-state index in [0.29, 0.717) is 37.4 Å². The Morgan fingerprint density at radius 3 is 1.95 bits per heavy atom. The first-order chi connectivity index (χ1) is 9.58. The lowest BCUT2D eigenvalue weighted by molar-refractivity contribution is 0.0766. The number of nitrogens with zero attached hydrogens (tertiary/aromatic N) is 3. The highest BCUT2D eigenvalue weighted by Crippen LogP contribution is 2.08. The summed E-state index contributed by atoms with van der Waals surface area (Å²) in [5.41, 5.74) is 0.839. The molecule has 1 aromatic heterocycles. The van der Waals surface area contributed by atoms with Gasteiger partial charge in [0.05, 0.1) is 0 Å². The number of carbonyl (C=O) groups is 2. The maximum Gasteiger partial charge on any atom is 0.272 e. The highest BCUT2D eigenvalue weighted by atomic mass is 16.2. The standard InChI is InChI=1S/C15H23N3O2/c1-5-17(6-2)14(19)12-9-10-16-13(11-12)15(20)18(7-3)8-4/h9-11H,5-8H2,1-4H3. The van der Waals surface area contributed by atoms with Crippen LogP contribution in [0.3, 0.4) is 0 Å². The van der Waals surface area contributed by atoms with Crippen LogP contribution in [0.15, 0.2) is 18.3 Å². The van der Waals surface area contributed by atoms with Gasteiger partial charge in [-0.25, -0.2) is 0 Å². The third-order valence-corrected chi connectivity index (χ3v) is 3.33. The van der Waals surface area contributed by atoms with E-state index < -0.39 is 0 Å². The van der Waals surface area contributed by atoms with Crippen molar-refractivity contribution in [2.75, 3.05) is 26.2 Å². The second-order valence-corrected chi connectivity index (χ2v) is 4.38. The normalized spacial score (nSPS) is 10.2. The Morgan fingerprint density at radius 1 is 0.950 bits per heavy atom. The molecule has 0 bridgehead atoms. The average Bonchev–Trinajstić information content (AvgIpc) is 2.49. The molecule has 0 unspecified atom stereocenters. The Bertz CT molecular complexity index is 427. The van der Waals surface area contributed by atoms with E-state index in [-0.39, 0.29) is 11.8 Å². The molecule has 20 heavy (non-hydrogen) atoms.